The predicted octanol–water partition coefficient (Wildman–Crippen LogP) is 3.24. The minimum Gasteiger partial charge on any atom is -0.496 e. The number of rotatable bonds is 5. The number of piperazine rings is 1. The maximum Gasteiger partial charge on any atom is 0.273 e. The smallest absolute Gasteiger partial charge is 0.273 e. The highest BCUT2D eigenvalue weighted by Crippen LogP contribution is 2.32. The minimum atomic E-state index is -4.36. The van der Waals surface area contributed by atoms with Crippen LogP contribution in [0.1, 0.15) is 10.5 Å². The number of benzene rings is 2. The Hall–Kier alpha value is -2.89. The van der Waals surface area contributed by atoms with E-state index in [0.29, 0.717) is 10.8 Å². The summed E-state index contributed by atoms with van der Waals surface area (Å²) in [6.45, 7) is 0.00199. The van der Waals surface area contributed by atoms with E-state index in [0.717, 1.165) is 28.1 Å². The van der Waals surface area contributed by atoms with Crippen molar-refractivity contribution in [3.63, 3.8) is 0 Å². The number of aromatic nitrogens is 1. The lowest BCUT2D eigenvalue weighted by molar-refractivity contribution is 0.0692. The number of hydrogen-bond donors (Lipinski definition) is 0. The maximum atomic E-state index is 14.0. The monoisotopic (exact) mass is 479 g/mol. The van der Waals surface area contributed by atoms with E-state index in [1.807, 2.05) is 18.2 Å². The second-order valence-corrected chi connectivity index (χ2v) is 9.72. The second-order valence-electron chi connectivity index (χ2n) is 6.99. The molecular weight excluding hydrogens is 460 g/mol. The standard InChI is InChI=1S/C21H19F2N3O4S2/c1-30-18-8-3-2-5-14(18)20-24-17(13-31-20)21(27)25-9-11-26(12-10-25)32(28,29)19-15(22)6-4-7-16(19)23/h2-8,13H,9-12H2,1H3. The number of sulfonamides is 1. The first-order valence-corrected chi connectivity index (χ1v) is 12.0. The van der Waals surface area contributed by atoms with Crippen LogP contribution in [-0.2, 0) is 10.0 Å². The Labute approximate surface area is 187 Å². The molecule has 0 spiro atoms. The molecule has 1 fully saturated rings. The molecule has 1 aromatic heterocycles. The van der Waals surface area contributed by atoms with E-state index in [1.54, 1.807) is 18.6 Å². The van der Waals surface area contributed by atoms with Crippen molar-refractivity contribution < 1.29 is 26.7 Å². The van der Waals surface area contributed by atoms with Gasteiger partial charge in [0.05, 0.1) is 12.7 Å². The summed E-state index contributed by atoms with van der Waals surface area (Å²) in [6.07, 6.45) is 0. The molecule has 0 radical (unpaired) electrons. The molecule has 3 aromatic rings. The molecule has 2 aromatic carbocycles. The Bertz CT molecular complexity index is 1240. The van der Waals surface area contributed by atoms with Crippen molar-refractivity contribution in [1.29, 1.82) is 0 Å². The Morgan fingerprint density at radius 2 is 1.69 bits per heavy atom. The van der Waals surface area contributed by atoms with Gasteiger partial charge in [-0.1, -0.05) is 18.2 Å². The molecule has 0 bridgehead atoms. The fraction of sp³-hybridized carbons (Fsp3) is 0.238. The van der Waals surface area contributed by atoms with Gasteiger partial charge in [-0.05, 0) is 24.3 Å². The number of hydrogen-bond acceptors (Lipinski definition) is 6. The average molecular weight is 480 g/mol. The molecule has 1 aliphatic heterocycles. The normalized spacial score (nSPS) is 15.0. The summed E-state index contributed by atoms with van der Waals surface area (Å²) in [7, 11) is -2.80. The van der Waals surface area contributed by atoms with Gasteiger partial charge in [0, 0.05) is 31.6 Å². The molecule has 0 N–H and O–H groups in total. The molecule has 7 nitrogen and oxygen atoms in total. The van der Waals surface area contributed by atoms with Crippen molar-refractivity contribution in [1.82, 2.24) is 14.2 Å². The van der Waals surface area contributed by atoms with E-state index in [-0.39, 0.29) is 37.8 Å². The zero-order valence-electron chi connectivity index (χ0n) is 17.0. The first kappa shape index (κ1) is 22.3. The topological polar surface area (TPSA) is 79.8 Å². The van der Waals surface area contributed by atoms with Crippen molar-refractivity contribution in [2.24, 2.45) is 0 Å². The number of para-hydroxylation sites is 1. The molecular formula is C21H19F2N3O4S2. The maximum absolute atomic E-state index is 14.0. The van der Waals surface area contributed by atoms with Crippen LogP contribution in [-0.4, -0.2) is 61.8 Å². The third kappa shape index (κ3) is 4.10. The third-order valence-electron chi connectivity index (χ3n) is 5.10. The number of halogens is 2. The third-order valence-corrected chi connectivity index (χ3v) is 7.93. The molecule has 4 rings (SSSR count). The highest BCUT2D eigenvalue weighted by molar-refractivity contribution is 7.89. The summed E-state index contributed by atoms with van der Waals surface area (Å²) in [5.41, 5.74) is 1.01. The van der Waals surface area contributed by atoms with Gasteiger partial charge >= 0.3 is 0 Å². The molecule has 1 amide bonds. The van der Waals surface area contributed by atoms with Gasteiger partial charge in [-0.3, -0.25) is 4.79 Å². The summed E-state index contributed by atoms with van der Waals surface area (Å²) in [6, 6.07) is 10.2. The summed E-state index contributed by atoms with van der Waals surface area (Å²) in [4.78, 5) is 17.8. The molecule has 0 aliphatic carbocycles. The fourth-order valence-electron chi connectivity index (χ4n) is 3.47. The van der Waals surface area contributed by atoms with Gasteiger partial charge in [-0.15, -0.1) is 11.3 Å². The van der Waals surface area contributed by atoms with E-state index < -0.39 is 26.6 Å². The lowest BCUT2D eigenvalue weighted by Gasteiger charge is -2.33. The molecule has 11 heteroatoms. The number of ether oxygens (including phenoxy) is 1. The molecule has 168 valence electrons. The van der Waals surface area contributed by atoms with Crippen LogP contribution in [0.15, 0.2) is 52.7 Å². The predicted molar refractivity (Wildman–Crippen MR) is 115 cm³/mol. The summed E-state index contributed by atoms with van der Waals surface area (Å²) >= 11 is 1.30. The molecule has 2 heterocycles. The van der Waals surface area contributed by atoms with Crippen molar-refractivity contribution in [3.8, 4) is 16.3 Å². The van der Waals surface area contributed by atoms with Gasteiger partial charge < -0.3 is 9.64 Å². The largest absolute Gasteiger partial charge is 0.496 e. The van der Waals surface area contributed by atoms with Gasteiger partial charge in [0.2, 0.25) is 10.0 Å². The molecule has 0 unspecified atom stereocenters. The van der Waals surface area contributed by atoms with E-state index in [2.05, 4.69) is 4.98 Å². The SMILES string of the molecule is COc1ccccc1-c1nc(C(=O)N2CCN(S(=O)(=O)c3c(F)cccc3F)CC2)cs1. The van der Waals surface area contributed by atoms with Crippen LogP contribution in [0.25, 0.3) is 10.6 Å². The average Bonchev–Trinajstić information content (AvgIpc) is 3.28. The summed E-state index contributed by atoms with van der Waals surface area (Å²) in [5.74, 6) is -1.98. The van der Waals surface area contributed by atoms with Crippen LogP contribution in [0.3, 0.4) is 0 Å². The van der Waals surface area contributed by atoms with Crippen molar-refractivity contribution in [3.05, 3.63) is 65.2 Å². The minimum absolute atomic E-state index is 0.0780. The zero-order valence-corrected chi connectivity index (χ0v) is 18.6. The van der Waals surface area contributed by atoms with Crippen LogP contribution >= 0.6 is 11.3 Å². The number of carbonyl (C=O) groups excluding carboxylic acids is 1. The van der Waals surface area contributed by atoms with E-state index in [9.17, 15) is 22.0 Å². The highest BCUT2D eigenvalue weighted by Gasteiger charge is 2.34. The Balaban J connectivity index is 1.47. The van der Waals surface area contributed by atoms with Gasteiger partial charge in [-0.25, -0.2) is 22.2 Å². The molecule has 32 heavy (non-hydrogen) atoms. The van der Waals surface area contributed by atoms with Gasteiger partial charge in [-0.2, -0.15) is 4.31 Å². The van der Waals surface area contributed by atoms with Gasteiger partial charge in [0.1, 0.15) is 28.1 Å². The van der Waals surface area contributed by atoms with E-state index in [1.165, 1.54) is 16.2 Å². The van der Waals surface area contributed by atoms with Crippen LogP contribution in [0, 0.1) is 11.6 Å². The number of nitrogens with zero attached hydrogens (tertiary/aromatic N) is 3. The van der Waals surface area contributed by atoms with Crippen LogP contribution in [0.4, 0.5) is 8.78 Å². The molecule has 1 saturated heterocycles. The lowest BCUT2D eigenvalue weighted by Crippen LogP contribution is -2.50. The Morgan fingerprint density at radius 1 is 1.03 bits per heavy atom. The summed E-state index contributed by atoms with van der Waals surface area (Å²) < 4.78 is 59.8. The van der Waals surface area contributed by atoms with E-state index >= 15 is 0 Å². The van der Waals surface area contributed by atoms with E-state index in [4.69, 9.17) is 4.74 Å². The second kappa shape index (κ2) is 8.93. The number of methoxy groups -OCH3 is 1. The quantitative estimate of drug-likeness (QED) is 0.561. The van der Waals surface area contributed by atoms with Gasteiger partial charge in [0.15, 0.2) is 4.90 Å². The first-order chi connectivity index (χ1) is 15.3. The van der Waals surface area contributed by atoms with Gasteiger partial charge in [0.25, 0.3) is 5.91 Å². The van der Waals surface area contributed by atoms with Crippen LogP contribution in [0.2, 0.25) is 0 Å². The molecule has 0 saturated carbocycles. The number of thiazole rings is 1. The fourth-order valence-corrected chi connectivity index (χ4v) is 5.82. The molecule has 1 aliphatic rings. The first-order valence-electron chi connectivity index (χ1n) is 9.65. The zero-order chi connectivity index (χ0) is 22.9. The van der Waals surface area contributed by atoms with Crippen molar-refractivity contribution in [2.45, 2.75) is 4.90 Å². The number of amides is 1. The van der Waals surface area contributed by atoms with Crippen molar-refractivity contribution in [2.75, 3.05) is 33.3 Å². The molecule has 0 atom stereocenters. The highest BCUT2D eigenvalue weighted by atomic mass is 32.2. The summed E-state index contributed by atoms with van der Waals surface area (Å²) in [5, 5.41) is 2.27. The Morgan fingerprint density at radius 3 is 2.34 bits per heavy atom. The van der Waals surface area contributed by atoms with Crippen LogP contribution < -0.4 is 4.74 Å². The Kier molecular flexibility index (Phi) is 6.22. The lowest BCUT2D eigenvalue weighted by atomic mass is 10.2. The van der Waals surface area contributed by atoms with Crippen LogP contribution in [0.5, 0.6) is 5.75 Å². The number of carbonyl (C=O) groups is 1. The van der Waals surface area contributed by atoms with Crippen molar-refractivity contribution >= 4 is 27.3 Å².